The SMILES string of the molecule is CN(CCn1cnc2ccccc21)C(=O)c1ccc(N2CCCC2=O)cc1. The Morgan fingerprint density at radius 2 is 1.93 bits per heavy atom. The molecule has 0 radical (unpaired) electrons. The number of likely N-dealkylation sites (N-methyl/N-ethyl adjacent to an activating group) is 1. The maximum Gasteiger partial charge on any atom is 0.253 e. The standard InChI is InChI=1S/C21H22N4O2/c1-23(13-14-24-15-22-18-5-2-3-6-19(18)24)21(27)16-8-10-17(11-9-16)25-12-4-7-20(25)26/h2-3,5-6,8-11,15H,4,7,12-14H2,1H3. The number of carbonyl (C=O) groups is 2. The van der Waals surface area contributed by atoms with Crippen molar-refractivity contribution in [3.8, 4) is 0 Å². The highest BCUT2D eigenvalue weighted by Gasteiger charge is 2.22. The van der Waals surface area contributed by atoms with Crippen molar-refractivity contribution < 1.29 is 9.59 Å². The molecular formula is C21H22N4O2. The fourth-order valence-corrected chi connectivity index (χ4v) is 3.47. The van der Waals surface area contributed by atoms with Crippen molar-refractivity contribution in [3.05, 3.63) is 60.4 Å². The molecule has 6 heteroatoms. The average molecular weight is 362 g/mol. The van der Waals surface area contributed by atoms with Gasteiger partial charge in [0.25, 0.3) is 5.91 Å². The van der Waals surface area contributed by atoms with E-state index in [-0.39, 0.29) is 11.8 Å². The molecule has 1 aliphatic heterocycles. The van der Waals surface area contributed by atoms with Crippen LogP contribution in [0.4, 0.5) is 5.69 Å². The highest BCUT2D eigenvalue weighted by atomic mass is 16.2. The minimum Gasteiger partial charge on any atom is -0.340 e. The first kappa shape index (κ1) is 17.3. The van der Waals surface area contributed by atoms with Gasteiger partial charge in [0.15, 0.2) is 0 Å². The van der Waals surface area contributed by atoms with Gasteiger partial charge in [-0.2, -0.15) is 0 Å². The van der Waals surface area contributed by atoms with Gasteiger partial charge in [-0.3, -0.25) is 9.59 Å². The average Bonchev–Trinajstić information content (AvgIpc) is 3.32. The molecule has 0 saturated carbocycles. The van der Waals surface area contributed by atoms with Crippen molar-refractivity contribution >= 4 is 28.5 Å². The molecule has 1 aromatic heterocycles. The summed E-state index contributed by atoms with van der Waals surface area (Å²) < 4.78 is 2.06. The van der Waals surface area contributed by atoms with E-state index in [1.807, 2.05) is 42.7 Å². The van der Waals surface area contributed by atoms with Crippen molar-refractivity contribution in [1.82, 2.24) is 14.5 Å². The maximum absolute atomic E-state index is 12.7. The Morgan fingerprint density at radius 1 is 1.15 bits per heavy atom. The van der Waals surface area contributed by atoms with Crippen LogP contribution in [0.15, 0.2) is 54.9 Å². The third-order valence-electron chi connectivity index (χ3n) is 5.05. The van der Waals surface area contributed by atoms with Crippen molar-refractivity contribution in [2.24, 2.45) is 0 Å². The first-order valence-electron chi connectivity index (χ1n) is 9.19. The van der Waals surface area contributed by atoms with Crippen LogP contribution >= 0.6 is 0 Å². The van der Waals surface area contributed by atoms with Gasteiger partial charge < -0.3 is 14.4 Å². The van der Waals surface area contributed by atoms with Gasteiger partial charge in [0.05, 0.1) is 17.4 Å². The fourth-order valence-electron chi connectivity index (χ4n) is 3.47. The summed E-state index contributed by atoms with van der Waals surface area (Å²) in [4.78, 5) is 32.4. The van der Waals surface area contributed by atoms with Gasteiger partial charge in [0.2, 0.25) is 5.91 Å². The lowest BCUT2D eigenvalue weighted by molar-refractivity contribution is -0.117. The Bertz CT molecular complexity index is 977. The first-order valence-corrected chi connectivity index (χ1v) is 9.19. The lowest BCUT2D eigenvalue weighted by atomic mass is 10.1. The van der Waals surface area contributed by atoms with Gasteiger partial charge >= 0.3 is 0 Å². The largest absolute Gasteiger partial charge is 0.340 e. The van der Waals surface area contributed by atoms with Crippen LogP contribution in [0.1, 0.15) is 23.2 Å². The summed E-state index contributed by atoms with van der Waals surface area (Å²) >= 11 is 0. The van der Waals surface area contributed by atoms with E-state index in [9.17, 15) is 9.59 Å². The van der Waals surface area contributed by atoms with Crippen LogP contribution in [0.5, 0.6) is 0 Å². The third kappa shape index (κ3) is 3.43. The van der Waals surface area contributed by atoms with E-state index in [4.69, 9.17) is 0 Å². The molecule has 2 aromatic carbocycles. The normalized spacial score (nSPS) is 14.1. The minimum atomic E-state index is -0.0290. The van der Waals surface area contributed by atoms with Crippen LogP contribution in [0.2, 0.25) is 0 Å². The molecule has 2 heterocycles. The summed E-state index contributed by atoms with van der Waals surface area (Å²) in [6, 6.07) is 15.3. The quantitative estimate of drug-likeness (QED) is 0.701. The topological polar surface area (TPSA) is 58.4 Å². The monoisotopic (exact) mass is 362 g/mol. The molecule has 0 spiro atoms. The Kier molecular flexibility index (Phi) is 4.62. The van der Waals surface area contributed by atoms with E-state index in [0.29, 0.717) is 25.1 Å². The van der Waals surface area contributed by atoms with Gasteiger partial charge in [-0.25, -0.2) is 4.98 Å². The number of hydrogen-bond donors (Lipinski definition) is 0. The number of hydrogen-bond acceptors (Lipinski definition) is 3. The highest BCUT2D eigenvalue weighted by Crippen LogP contribution is 2.22. The van der Waals surface area contributed by atoms with E-state index in [2.05, 4.69) is 9.55 Å². The molecule has 2 amide bonds. The maximum atomic E-state index is 12.7. The lowest BCUT2D eigenvalue weighted by Gasteiger charge is -2.19. The van der Waals surface area contributed by atoms with Crippen molar-refractivity contribution in [3.63, 3.8) is 0 Å². The number of anilines is 1. The number of benzene rings is 2. The molecular weight excluding hydrogens is 340 g/mol. The summed E-state index contributed by atoms with van der Waals surface area (Å²) in [5, 5.41) is 0. The molecule has 27 heavy (non-hydrogen) atoms. The van der Waals surface area contributed by atoms with Crippen LogP contribution in [-0.2, 0) is 11.3 Å². The molecule has 1 saturated heterocycles. The molecule has 0 unspecified atom stereocenters. The molecule has 0 atom stereocenters. The van der Waals surface area contributed by atoms with Gasteiger partial charge in [0.1, 0.15) is 0 Å². The predicted octanol–water partition coefficient (Wildman–Crippen LogP) is 2.94. The van der Waals surface area contributed by atoms with Crippen molar-refractivity contribution in [2.45, 2.75) is 19.4 Å². The molecule has 4 rings (SSSR count). The van der Waals surface area contributed by atoms with E-state index >= 15 is 0 Å². The van der Waals surface area contributed by atoms with Gasteiger partial charge in [-0.1, -0.05) is 12.1 Å². The fraction of sp³-hybridized carbons (Fsp3) is 0.286. The van der Waals surface area contributed by atoms with Crippen LogP contribution < -0.4 is 4.90 Å². The van der Waals surface area contributed by atoms with Gasteiger partial charge in [-0.15, -0.1) is 0 Å². The van der Waals surface area contributed by atoms with Crippen molar-refractivity contribution in [2.75, 3.05) is 25.0 Å². The number of nitrogens with zero attached hydrogens (tertiary/aromatic N) is 4. The number of aromatic nitrogens is 2. The smallest absolute Gasteiger partial charge is 0.253 e. The second-order valence-electron chi connectivity index (χ2n) is 6.85. The van der Waals surface area contributed by atoms with Gasteiger partial charge in [0, 0.05) is 44.4 Å². The number of imidazole rings is 1. The zero-order chi connectivity index (χ0) is 18.8. The molecule has 6 nitrogen and oxygen atoms in total. The zero-order valence-corrected chi connectivity index (χ0v) is 15.3. The van der Waals surface area contributed by atoms with Gasteiger partial charge in [-0.05, 0) is 42.8 Å². The van der Waals surface area contributed by atoms with Crippen LogP contribution in [0.25, 0.3) is 11.0 Å². The van der Waals surface area contributed by atoms with Crippen LogP contribution in [0, 0.1) is 0 Å². The van der Waals surface area contributed by atoms with E-state index in [1.165, 1.54) is 0 Å². The summed E-state index contributed by atoms with van der Waals surface area (Å²) in [7, 11) is 1.80. The second kappa shape index (κ2) is 7.23. The van der Waals surface area contributed by atoms with E-state index in [0.717, 1.165) is 29.7 Å². The Labute approximate surface area is 158 Å². The second-order valence-corrected chi connectivity index (χ2v) is 6.85. The number of rotatable bonds is 5. The Morgan fingerprint density at radius 3 is 2.67 bits per heavy atom. The molecule has 0 bridgehead atoms. The third-order valence-corrected chi connectivity index (χ3v) is 5.05. The number of carbonyl (C=O) groups excluding carboxylic acids is 2. The number of para-hydroxylation sites is 2. The summed E-state index contributed by atoms with van der Waals surface area (Å²) in [5.41, 5.74) is 3.52. The number of fused-ring (bicyclic) bond motifs is 1. The molecule has 3 aromatic rings. The summed E-state index contributed by atoms with van der Waals surface area (Å²) in [6.45, 7) is 2.03. The summed E-state index contributed by atoms with van der Waals surface area (Å²) in [5.74, 6) is 0.123. The number of amides is 2. The molecule has 1 aliphatic rings. The molecule has 1 fully saturated rings. The predicted molar refractivity (Wildman–Crippen MR) is 105 cm³/mol. The van der Waals surface area contributed by atoms with Crippen LogP contribution in [0.3, 0.4) is 0 Å². The van der Waals surface area contributed by atoms with E-state index < -0.39 is 0 Å². The molecule has 138 valence electrons. The minimum absolute atomic E-state index is 0.0290. The lowest BCUT2D eigenvalue weighted by Crippen LogP contribution is -2.30. The highest BCUT2D eigenvalue weighted by molar-refractivity contribution is 5.97. The molecule has 0 N–H and O–H groups in total. The Balaban J connectivity index is 1.40. The first-order chi connectivity index (χ1) is 13.1. The van der Waals surface area contributed by atoms with E-state index in [1.54, 1.807) is 29.0 Å². The Hall–Kier alpha value is -3.15. The summed E-state index contributed by atoms with van der Waals surface area (Å²) in [6.07, 6.45) is 3.31. The molecule has 0 aliphatic carbocycles. The van der Waals surface area contributed by atoms with Crippen LogP contribution in [-0.4, -0.2) is 46.4 Å². The van der Waals surface area contributed by atoms with Crippen molar-refractivity contribution in [1.29, 1.82) is 0 Å². The zero-order valence-electron chi connectivity index (χ0n) is 15.3.